The summed E-state index contributed by atoms with van der Waals surface area (Å²) in [5.41, 5.74) is 4.75. The molecule has 4 aromatic rings. The first kappa shape index (κ1) is 19.6. The normalized spacial score (nSPS) is 12.0. The fourth-order valence-electron chi connectivity index (χ4n) is 3.02. The van der Waals surface area contributed by atoms with E-state index in [0.717, 1.165) is 17.6 Å². The van der Waals surface area contributed by atoms with Gasteiger partial charge in [0, 0.05) is 11.3 Å². The van der Waals surface area contributed by atoms with Gasteiger partial charge in [-0.2, -0.15) is 4.80 Å². The third-order valence-electron chi connectivity index (χ3n) is 4.91. The number of aromatic nitrogens is 3. The van der Waals surface area contributed by atoms with E-state index in [9.17, 15) is 4.79 Å². The van der Waals surface area contributed by atoms with Crippen molar-refractivity contribution in [2.45, 2.75) is 33.3 Å². The predicted octanol–water partition coefficient (Wildman–Crippen LogP) is 5.16. The van der Waals surface area contributed by atoms with Gasteiger partial charge in [0.1, 0.15) is 16.8 Å². The van der Waals surface area contributed by atoms with Crippen LogP contribution in [-0.4, -0.2) is 27.0 Å². The highest BCUT2D eigenvalue weighted by Gasteiger charge is 2.11. The molecule has 1 heterocycles. The summed E-state index contributed by atoms with van der Waals surface area (Å²) in [6.45, 7) is 6.11. The van der Waals surface area contributed by atoms with Gasteiger partial charge < -0.3 is 10.1 Å². The maximum atomic E-state index is 12.7. The molecule has 1 aromatic heterocycles. The number of rotatable bonds is 6. The van der Waals surface area contributed by atoms with Crippen LogP contribution in [-0.2, 0) is 0 Å². The Hall–Kier alpha value is -3.67. The second kappa shape index (κ2) is 8.37. The van der Waals surface area contributed by atoms with E-state index in [4.69, 9.17) is 4.74 Å². The molecule has 0 saturated heterocycles. The first-order valence-corrected chi connectivity index (χ1v) is 10.0. The molecule has 6 nitrogen and oxygen atoms in total. The van der Waals surface area contributed by atoms with Crippen molar-refractivity contribution in [2.24, 2.45) is 0 Å². The number of hydrogen-bond acceptors (Lipinski definition) is 4. The molecule has 0 radical (unpaired) electrons. The number of fused-ring (bicyclic) bond motifs is 1. The summed E-state index contributed by atoms with van der Waals surface area (Å²) in [5, 5.41) is 12.0. The van der Waals surface area contributed by atoms with Gasteiger partial charge in [-0.25, -0.2) is 0 Å². The molecule has 1 atom stereocenters. The van der Waals surface area contributed by atoms with Crippen LogP contribution in [0, 0.1) is 6.92 Å². The Kier molecular flexibility index (Phi) is 5.48. The van der Waals surface area contributed by atoms with Gasteiger partial charge in [0.25, 0.3) is 5.91 Å². The van der Waals surface area contributed by atoms with Gasteiger partial charge in [0.15, 0.2) is 0 Å². The minimum absolute atomic E-state index is 0.0989. The van der Waals surface area contributed by atoms with Crippen molar-refractivity contribution in [1.82, 2.24) is 15.0 Å². The first-order chi connectivity index (χ1) is 14.5. The molecule has 0 bridgehead atoms. The Labute approximate surface area is 175 Å². The van der Waals surface area contributed by atoms with Crippen LogP contribution in [0.5, 0.6) is 5.75 Å². The number of anilines is 1. The van der Waals surface area contributed by atoms with Crippen LogP contribution in [0.1, 0.15) is 36.2 Å². The number of aryl methyl sites for hydroxylation is 1. The topological polar surface area (TPSA) is 69.0 Å². The number of hydrogen-bond donors (Lipinski definition) is 1. The number of ether oxygens (including phenoxy) is 1. The van der Waals surface area contributed by atoms with Gasteiger partial charge in [-0.05, 0) is 68.8 Å². The van der Waals surface area contributed by atoms with Gasteiger partial charge >= 0.3 is 0 Å². The molecule has 30 heavy (non-hydrogen) atoms. The standard InChI is InChI=1S/C24H24N4O2/c1-4-17(3)30-21-7-5-6-18(14-21)24(29)25-19-10-13-22-23(15-19)27-28(26-22)20-11-8-16(2)9-12-20/h5-15,17H,4H2,1-3H3,(H,25,29). The second-order valence-electron chi connectivity index (χ2n) is 7.35. The zero-order valence-corrected chi connectivity index (χ0v) is 17.3. The number of amides is 1. The summed E-state index contributed by atoms with van der Waals surface area (Å²) in [6.07, 6.45) is 1.00. The van der Waals surface area contributed by atoms with Crippen LogP contribution in [0.15, 0.2) is 66.7 Å². The maximum absolute atomic E-state index is 12.7. The van der Waals surface area contributed by atoms with Crippen LogP contribution in [0.3, 0.4) is 0 Å². The monoisotopic (exact) mass is 400 g/mol. The third kappa shape index (κ3) is 4.33. The lowest BCUT2D eigenvalue weighted by atomic mass is 10.2. The van der Waals surface area contributed by atoms with Gasteiger partial charge in [-0.15, -0.1) is 10.2 Å². The minimum Gasteiger partial charge on any atom is -0.491 e. The fourth-order valence-corrected chi connectivity index (χ4v) is 3.02. The molecule has 1 unspecified atom stereocenters. The smallest absolute Gasteiger partial charge is 0.255 e. The van der Waals surface area contributed by atoms with Gasteiger partial charge in [0.2, 0.25) is 0 Å². The first-order valence-electron chi connectivity index (χ1n) is 10.0. The van der Waals surface area contributed by atoms with Gasteiger partial charge in [-0.1, -0.05) is 30.7 Å². The van der Waals surface area contributed by atoms with Crippen molar-refractivity contribution in [3.8, 4) is 11.4 Å². The van der Waals surface area contributed by atoms with Crippen LogP contribution >= 0.6 is 0 Å². The van der Waals surface area contributed by atoms with Crippen LogP contribution in [0.2, 0.25) is 0 Å². The summed E-state index contributed by atoms with van der Waals surface area (Å²) in [6, 6.07) is 20.7. The lowest BCUT2D eigenvalue weighted by molar-refractivity contribution is 0.102. The molecular weight excluding hydrogens is 376 g/mol. The lowest BCUT2D eigenvalue weighted by Gasteiger charge is -2.13. The van der Waals surface area contributed by atoms with E-state index in [1.165, 1.54) is 5.56 Å². The number of nitrogens with one attached hydrogen (secondary N) is 1. The zero-order valence-electron chi connectivity index (χ0n) is 17.3. The van der Waals surface area contributed by atoms with E-state index < -0.39 is 0 Å². The molecule has 0 aliphatic rings. The molecule has 1 N–H and O–H groups in total. The fraction of sp³-hybridized carbons (Fsp3) is 0.208. The van der Waals surface area contributed by atoms with Crippen molar-refractivity contribution < 1.29 is 9.53 Å². The van der Waals surface area contributed by atoms with Crippen LogP contribution in [0.4, 0.5) is 5.69 Å². The van der Waals surface area contributed by atoms with E-state index in [1.807, 2.05) is 68.4 Å². The largest absolute Gasteiger partial charge is 0.491 e. The number of benzene rings is 3. The summed E-state index contributed by atoms with van der Waals surface area (Å²) in [5.74, 6) is 0.489. The quantitative estimate of drug-likeness (QED) is 0.485. The van der Waals surface area contributed by atoms with Crippen molar-refractivity contribution in [2.75, 3.05) is 5.32 Å². The van der Waals surface area contributed by atoms with E-state index >= 15 is 0 Å². The summed E-state index contributed by atoms with van der Waals surface area (Å²) >= 11 is 0. The highest BCUT2D eigenvalue weighted by Crippen LogP contribution is 2.20. The molecule has 6 heteroatoms. The highest BCUT2D eigenvalue weighted by molar-refractivity contribution is 6.05. The Morgan fingerprint density at radius 1 is 1.03 bits per heavy atom. The third-order valence-corrected chi connectivity index (χ3v) is 4.91. The average molecular weight is 400 g/mol. The van der Waals surface area contributed by atoms with E-state index in [2.05, 4.69) is 22.4 Å². The molecule has 0 aliphatic heterocycles. The molecule has 0 spiro atoms. The highest BCUT2D eigenvalue weighted by atomic mass is 16.5. The van der Waals surface area contributed by atoms with Gasteiger partial charge in [0.05, 0.1) is 11.8 Å². The van der Waals surface area contributed by atoms with E-state index in [-0.39, 0.29) is 12.0 Å². The second-order valence-corrected chi connectivity index (χ2v) is 7.35. The minimum atomic E-state index is -0.199. The van der Waals surface area contributed by atoms with Crippen molar-refractivity contribution in [3.63, 3.8) is 0 Å². The Morgan fingerprint density at radius 2 is 1.80 bits per heavy atom. The molecule has 3 aromatic carbocycles. The van der Waals surface area contributed by atoms with Crippen molar-refractivity contribution in [3.05, 3.63) is 77.9 Å². The average Bonchev–Trinajstić information content (AvgIpc) is 3.17. The SMILES string of the molecule is CCC(C)Oc1cccc(C(=O)Nc2ccc3nn(-c4ccc(C)cc4)nc3c2)c1. The summed E-state index contributed by atoms with van der Waals surface area (Å²) < 4.78 is 5.81. The van der Waals surface area contributed by atoms with E-state index in [1.54, 1.807) is 16.9 Å². The van der Waals surface area contributed by atoms with Gasteiger partial charge in [-0.3, -0.25) is 4.79 Å². The Balaban J connectivity index is 1.53. The number of carbonyl (C=O) groups is 1. The summed E-state index contributed by atoms with van der Waals surface area (Å²) in [7, 11) is 0. The Bertz CT molecular complexity index is 1180. The maximum Gasteiger partial charge on any atom is 0.255 e. The van der Waals surface area contributed by atoms with Crippen LogP contribution < -0.4 is 10.1 Å². The van der Waals surface area contributed by atoms with Crippen LogP contribution in [0.25, 0.3) is 16.7 Å². The van der Waals surface area contributed by atoms with Crippen molar-refractivity contribution in [1.29, 1.82) is 0 Å². The van der Waals surface area contributed by atoms with Crippen molar-refractivity contribution >= 4 is 22.6 Å². The molecule has 152 valence electrons. The summed E-state index contributed by atoms with van der Waals surface area (Å²) in [4.78, 5) is 14.3. The molecule has 1 amide bonds. The van der Waals surface area contributed by atoms with E-state index in [0.29, 0.717) is 22.5 Å². The zero-order chi connectivity index (χ0) is 21.1. The molecule has 0 fully saturated rings. The molecule has 4 rings (SSSR count). The molecular formula is C24H24N4O2. The molecule has 0 aliphatic carbocycles. The Morgan fingerprint density at radius 3 is 2.57 bits per heavy atom. The predicted molar refractivity (Wildman–Crippen MR) is 118 cm³/mol. The number of carbonyl (C=O) groups excluding carboxylic acids is 1. The number of nitrogens with zero attached hydrogens (tertiary/aromatic N) is 3. The molecule has 0 saturated carbocycles. The lowest BCUT2D eigenvalue weighted by Crippen LogP contribution is -2.13.